The summed E-state index contributed by atoms with van der Waals surface area (Å²) >= 11 is 0. The molecule has 0 N–H and O–H groups in total. The van der Waals surface area contributed by atoms with Crippen LogP contribution in [0.5, 0.6) is 0 Å². The Labute approximate surface area is 82.1 Å². The molecule has 0 radical (unpaired) electrons. The van der Waals surface area contributed by atoms with E-state index in [0.717, 1.165) is 14.0 Å². The first-order valence-electron chi connectivity index (χ1n) is 3.76. The molecule has 0 aromatic heterocycles. The van der Waals surface area contributed by atoms with Gasteiger partial charge in [0.1, 0.15) is 6.61 Å². The minimum Gasteiger partial charge on any atom is -0.467 e. The molecule has 15 heavy (non-hydrogen) atoms. The van der Waals surface area contributed by atoms with Crippen molar-refractivity contribution in [2.75, 3.05) is 13.7 Å². The Hall–Kier alpha value is -0.920. The summed E-state index contributed by atoms with van der Waals surface area (Å²) in [5.74, 6) is -6.00. The van der Waals surface area contributed by atoms with E-state index in [1.807, 2.05) is 0 Å². The Bertz CT molecular complexity index is 225. The van der Waals surface area contributed by atoms with Crippen molar-refractivity contribution >= 4 is 5.97 Å². The van der Waals surface area contributed by atoms with Gasteiger partial charge in [-0.1, -0.05) is 0 Å². The molecule has 3 nitrogen and oxygen atoms in total. The molecule has 0 saturated heterocycles. The zero-order valence-electron chi connectivity index (χ0n) is 7.90. The average Bonchev–Trinajstić information content (AvgIpc) is 2.11. The Morgan fingerprint density at radius 1 is 1.27 bits per heavy atom. The molecule has 1 unspecified atom stereocenters. The SMILES string of the molecule is COC(=O)C(C)OCC(F)(F)C(F)(F)F. The van der Waals surface area contributed by atoms with Gasteiger partial charge < -0.3 is 9.47 Å². The third-order valence-corrected chi connectivity index (χ3v) is 1.46. The van der Waals surface area contributed by atoms with Gasteiger partial charge in [0.05, 0.1) is 7.11 Å². The minimum atomic E-state index is -5.69. The maximum absolute atomic E-state index is 12.3. The van der Waals surface area contributed by atoms with Gasteiger partial charge in [-0.15, -0.1) is 0 Å². The highest BCUT2D eigenvalue weighted by atomic mass is 19.4. The summed E-state index contributed by atoms with van der Waals surface area (Å²) in [6, 6.07) is 0. The van der Waals surface area contributed by atoms with Crippen molar-refractivity contribution < 1.29 is 36.2 Å². The molecule has 90 valence electrons. The topological polar surface area (TPSA) is 35.5 Å². The molecule has 8 heteroatoms. The van der Waals surface area contributed by atoms with Crippen LogP contribution < -0.4 is 0 Å². The Morgan fingerprint density at radius 3 is 2.07 bits per heavy atom. The zero-order valence-corrected chi connectivity index (χ0v) is 7.90. The van der Waals surface area contributed by atoms with Crippen LogP contribution >= 0.6 is 0 Å². The number of carbonyl (C=O) groups excluding carboxylic acids is 1. The summed E-state index contributed by atoms with van der Waals surface area (Å²) in [4.78, 5) is 10.6. The van der Waals surface area contributed by atoms with E-state index in [4.69, 9.17) is 0 Å². The highest BCUT2D eigenvalue weighted by Gasteiger charge is 2.57. The summed E-state index contributed by atoms with van der Waals surface area (Å²) in [7, 11) is 0.962. The molecule has 0 heterocycles. The number of halogens is 5. The van der Waals surface area contributed by atoms with E-state index in [1.165, 1.54) is 0 Å². The van der Waals surface area contributed by atoms with E-state index in [0.29, 0.717) is 0 Å². The molecule has 0 rings (SSSR count). The number of hydrogen-bond donors (Lipinski definition) is 0. The van der Waals surface area contributed by atoms with Crippen molar-refractivity contribution in [3.63, 3.8) is 0 Å². The molecule has 1 atom stereocenters. The first-order valence-corrected chi connectivity index (χ1v) is 3.76. The van der Waals surface area contributed by atoms with Crippen LogP contribution in [0.3, 0.4) is 0 Å². The molecule has 0 aliphatic heterocycles. The molecule has 0 aromatic carbocycles. The molecular formula is C7H9F5O3. The lowest BCUT2D eigenvalue weighted by atomic mass is 10.3. The van der Waals surface area contributed by atoms with E-state index in [1.54, 1.807) is 0 Å². The lowest BCUT2D eigenvalue weighted by Crippen LogP contribution is -2.42. The minimum absolute atomic E-state index is 0.962. The van der Waals surface area contributed by atoms with Gasteiger partial charge in [-0.2, -0.15) is 22.0 Å². The normalized spacial score (nSPS) is 14.9. The molecular weight excluding hydrogens is 227 g/mol. The van der Waals surface area contributed by atoms with Crippen molar-refractivity contribution in [3.8, 4) is 0 Å². The zero-order chi connectivity index (χ0) is 12.3. The van der Waals surface area contributed by atoms with Crippen molar-refractivity contribution in [2.45, 2.75) is 25.1 Å². The highest BCUT2D eigenvalue weighted by Crippen LogP contribution is 2.35. The van der Waals surface area contributed by atoms with Crippen LogP contribution in [-0.2, 0) is 14.3 Å². The predicted molar refractivity (Wildman–Crippen MR) is 38.4 cm³/mol. The fourth-order valence-corrected chi connectivity index (χ4v) is 0.545. The van der Waals surface area contributed by atoms with Crippen LogP contribution in [0.25, 0.3) is 0 Å². The van der Waals surface area contributed by atoms with Gasteiger partial charge >= 0.3 is 18.1 Å². The number of esters is 1. The molecule has 0 aliphatic carbocycles. The maximum atomic E-state index is 12.3. The molecule has 0 bridgehead atoms. The molecule has 0 saturated carbocycles. The van der Waals surface area contributed by atoms with E-state index in [-0.39, 0.29) is 0 Å². The second-order valence-corrected chi connectivity index (χ2v) is 2.68. The number of carbonyl (C=O) groups is 1. The predicted octanol–water partition coefficient (Wildman–Crippen LogP) is 1.76. The Morgan fingerprint density at radius 2 is 1.73 bits per heavy atom. The van der Waals surface area contributed by atoms with Crippen LogP contribution in [0.4, 0.5) is 22.0 Å². The standard InChI is InChI=1S/C7H9F5O3/c1-4(5(13)14-2)15-3-6(8,9)7(10,11)12/h4H,3H2,1-2H3. The molecule has 0 aliphatic rings. The quantitative estimate of drug-likeness (QED) is 0.551. The second-order valence-electron chi connectivity index (χ2n) is 2.68. The second kappa shape index (κ2) is 4.73. The third kappa shape index (κ3) is 3.98. The Balaban J connectivity index is 4.22. The number of ether oxygens (including phenoxy) is 2. The van der Waals surface area contributed by atoms with Gasteiger partial charge in [0.15, 0.2) is 6.10 Å². The lowest BCUT2D eigenvalue weighted by Gasteiger charge is -2.20. The van der Waals surface area contributed by atoms with Gasteiger partial charge in [0.2, 0.25) is 0 Å². The van der Waals surface area contributed by atoms with Gasteiger partial charge in [-0.25, -0.2) is 4.79 Å². The first kappa shape index (κ1) is 14.1. The monoisotopic (exact) mass is 236 g/mol. The molecule has 0 spiro atoms. The smallest absolute Gasteiger partial charge is 0.455 e. The van der Waals surface area contributed by atoms with Gasteiger partial charge in [-0.3, -0.25) is 0 Å². The van der Waals surface area contributed by atoms with Crippen LogP contribution in [0.1, 0.15) is 6.92 Å². The first-order chi connectivity index (χ1) is 6.62. The van der Waals surface area contributed by atoms with Crippen molar-refractivity contribution in [2.24, 2.45) is 0 Å². The maximum Gasteiger partial charge on any atom is 0.455 e. The fourth-order valence-electron chi connectivity index (χ4n) is 0.545. The van der Waals surface area contributed by atoms with Gasteiger partial charge in [-0.05, 0) is 6.92 Å². The van der Waals surface area contributed by atoms with Crippen LogP contribution in [0.2, 0.25) is 0 Å². The molecule has 0 aromatic rings. The summed E-state index contributed by atoms with van der Waals surface area (Å²) < 4.78 is 67.5. The van der Waals surface area contributed by atoms with Crippen molar-refractivity contribution in [3.05, 3.63) is 0 Å². The highest BCUT2D eigenvalue weighted by molar-refractivity contribution is 5.73. The molecule has 0 fully saturated rings. The van der Waals surface area contributed by atoms with Crippen molar-refractivity contribution in [1.29, 1.82) is 0 Å². The number of alkyl halides is 5. The molecule has 0 amide bonds. The number of rotatable bonds is 4. The van der Waals surface area contributed by atoms with E-state index < -0.39 is 30.8 Å². The summed E-state index contributed by atoms with van der Waals surface area (Å²) in [6.45, 7) is -0.898. The summed E-state index contributed by atoms with van der Waals surface area (Å²) in [5.41, 5.74) is 0. The largest absolute Gasteiger partial charge is 0.467 e. The van der Waals surface area contributed by atoms with Crippen LogP contribution in [0.15, 0.2) is 0 Å². The summed E-state index contributed by atoms with van der Waals surface area (Å²) in [6.07, 6.45) is -7.16. The van der Waals surface area contributed by atoms with Gasteiger partial charge in [0, 0.05) is 0 Å². The van der Waals surface area contributed by atoms with Gasteiger partial charge in [0.25, 0.3) is 0 Å². The number of methoxy groups -OCH3 is 1. The van der Waals surface area contributed by atoms with E-state index in [9.17, 15) is 26.7 Å². The third-order valence-electron chi connectivity index (χ3n) is 1.46. The van der Waals surface area contributed by atoms with E-state index in [2.05, 4.69) is 9.47 Å². The van der Waals surface area contributed by atoms with E-state index >= 15 is 0 Å². The summed E-state index contributed by atoms with van der Waals surface area (Å²) in [5, 5.41) is 0. The Kier molecular flexibility index (Phi) is 4.44. The number of hydrogen-bond acceptors (Lipinski definition) is 3. The van der Waals surface area contributed by atoms with Crippen molar-refractivity contribution in [1.82, 2.24) is 0 Å². The lowest BCUT2D eigenvalue weighted by molar-refractivity contribution is -0.299. The van der Waals surface area contributed by atoms with Crippen LogP contribution in [-0.4, -0.2) is 37.9 Å². The van der Waals surface area contributed by atoms with Crippen LogP contribution in [0, 0.1) is 0 Å². The fraction of sp³-hybridized carbons (Fsp3) is 0.857. The average molecular weight is 236 g/mol.